The van der Waals surface area contributed by atoms with Crippen molar-refractivity contribution in [3.63, 3.8) is 0 Å². The van der Waals surface area contributed by atoms with Crippen molar-refractivity contribution in [1.82, 2.24) is 0 Å². The molecule has 21 heavy (non-hydrogen) atoms. The van der Waals surface area contributed by atoms with E-state index in [1.807, 2.05) is 0 Å². The lowest BCUT2D eigenvalue weighted by atomic mass is 10.1. The van der Waals surface area contributed by atoms with Gasteiger partial charge in [0.1, 0.15) is 0 Å². The van der Waals surface area contributed by atoms with Crippen molar-refractivity contribution in [2.24, 2.45) is 5.73 Å². The van der Waals surface area contributed by atoms with Gasteiger partial charge in [0.25, 0.3) is 5.91 Å². The average Bonchev–Trinajstić information content (AvgIpc) is 2.43. The van der Waals surface area contributed by atoms with E-state index in [1.54, 1.807) is 43.3 Å². The van der Waals surface area contributed by atoms with E-state index in [-0.39, 0.29) is 5.91 Å². The normalized spacial score (nSPS) is 10.2. The molecule has 5 N–H and O–H groups in total. The van der Waals surface area contributed by atoms with Crippen molar-refractivity contribution in [2.45, 2.75) is 6.92 Å². The molecule has 108 valence electrons. The number of amides is 2. The molecular formula is C15H14BrN3O2. The molecule has 0 heterocycles. The van der Waals surface area contributed by atoms with Crippen molar-refractivity contribution in [2.75, 3.05) is 11.1 Å². The van der Waals surface area contributed by atoms with Crippen molar-refractivity contribution in [3.8, 4) is 0 Å². The number of rotatable bonds is 3. The van der Waals surface area contributed by atoms with E-state index >= 15 is 0 Å². The Morgan fingerprint density at radius 1 is 1.19 bits per heavy atom. The molecule has 6 heteroatoms. The van der Waals surface area contributed by atoms with Gasteiger partial charge in [-0.3, -0.25) is 9.59 Å². The largest absolute Gasteiger partial charge is 0.398 e. The van der Waals surface area contributed by atoms with Crippen LogP contribution in [0, 0.1) is 6.92 Å². The second kappa shape index (κ2) is 5.97. The molecule has 5 nitrogen and oxygen atoms in total. The summed E-state index contributed by atoms with van der Waals surface area (Å²) in [5.74, 6) is -0.820. The van der Waals surface area contributed by atoms with Crippen molar-refractivity contribution in [3.05, 3.63) is 57.6 Å². The highest BCUT2D eigenvalue weighted by Gasteiger charge is 2.12. The molecule has 2 aromatic rings. The summed E-state index contributed by atoms with van der Waals surface area (Å²) in [4.78, 5) is 23.5. The summed E-state index contributed by atoms with van der Waals surface area (Å²) in [7, 11) is 0. The Morgan fingerprint density at radius 2 is 1.90 bits per heavy atom. The van der Waals surface area contributed by atoms with Gasteiger partial charge in [-0.25, -0.2) is 0 Å². The minimum absolute atomic E-state index is 0.291. The molecular weight excluding hydrogens is 334 g/mol. The van der Waals surface area contributed by atoms with E-state index in [0.29, 0.717) is 32.5 Å². The van der Waals surface area contributed by atoms with Gasteiger partial charge in [0.05, 0.1) is 0 Å². The molecule has 0 spiro atoms. The monoisotopic (exact) mass is 347 g/mol. The Kier molecular flexibility index (Phi) is 4.28. The summed E-state index contributed by atoms with van der Waals surface area (Å²) in [5.41, 5.74) is 13.6. The van der Waals surface area contributed by atoms with Crippen LogP contribution in [0.25, 0.3) is 0 Å². The second-order valence-corrected chi connectivity index (χ2v) is 5.39. The fraction of sp³-hybridized carbons (Fsp3) is 0.0667. The third kappa shape index (κ3) is 3.22. The predicted octanol–water partition coefficient (Wildman–Crippen LogP) is 2.69. The highest BCUT2D eigenvalue weighted by atomic mass is 79.9. The zero-order chi connectivity index (χ0) is 15.6. The average molecular weight is 348 g/mol. The summed E-state index contributed by atoms with van der Waals surface area (Å²) < 4.78 is 0.651. The number of halogens is 1. The Labute approximate surface area is 130 Å². The maximum absolute atomic E-state index is 12.2. The number of nitrogens with two attached hydrogens (primary N) is 2. The van der Waals surface area contributed by atoms with Crippen LogP contribution in [0.3, 0.4) is 0 Å². The smallest absolute Gasteiger partial charge is 0.255 e. The van der Waals surface area contributed by atoms with E-state index in [1.165, 1.54) is 0 Å². The minimum Gasteiger partial charge on any atom is -0.398 e. The van der Waals surface area contributed by atoms with E-state index in [4.69, 9.17) is 11.5 Å². The first kappa shape index (κ1) is 15.1. The third-order valence-electron chi connectivity index (χ3n) is 3.11. The number of nitrogens with one attached hydrogen (secondary N) is 1. The SMILES string of the molecule is Cc1c(NC(=O)c2ccc(N)c(Br)c2)cccc1C(N)=O. The maximum atomic E-state index is 12.2. The van der Waals surface area contributed by atoms with Gasteiger partial charge in [-0.1, -0.05) is 6.07 Å². The predicted molar refractivity (Wildman–Crippen MR) is 86.2 cm³/mol. The first-order valence-electron chi connectivity index (χ1n) is 6.16. The van der Waals surface area contributed by atoms with Gasteiger partial charge in [0, 0.05) is 27.0 Å². The van der Waals surface area contributed by atoms with Crippen LogP contribution in [0.15, 0.2) is 40.9 Å². The van der Waals surface area contributed by atoms with Gasteiger partial charge in [-0.15, -0.1) is 0 Å². The van der Waals surface area contributed by atoms with E-state index in [0.717, 1.165) is 0 Å². The summed E-state index contributed by atoms with van der Waals surface area (Å²) in [6.07, 6.45) is 0. The Morgan fingerprint density at radius 3 is 2.52 bits per heavy atom. The molecule has 0 aliphatic rings. The lowest BCUT2D eigenvalue weighted by Crippen LogP contribution is -2.16. The molecule has 0 radical (unpaired) electrons. The van der Waals surface area contributed by atoms with Crippen molar-refractivity contribution >= 4 is 39.1 Å². The quantitative estimate of drug-likeness (QED) is 0.744. The fourth-order valence-electron chi connectivity index (χ4n) is 1.90. The van der Waals surface area contributed by atoms with Gasteiger partial charge >= 0.3 is 0 Å². The molecule has 2 aromatic carbocycles. The van der Waals surface area contributed by atoms with Crippen LogP contribution < -0.4 is 16.8 Å². The maximum Gasteiger partial charge on any atom is 0.255 e. The second-order valence-electron chi connectivity index (χ2n) is 4.53. The minimum atomic E-state index is -0.529. The van der Waals surface area contributed by atoms with Crippen LogP contribution in [-0.4, -0.2) is 11.8 Å². The third-order valence-corrected chi connectivity index (χ3v) is 3.80. The van der Waals surface area contributed by atoms with Gasteiger partial charge in [-0.05, 0) is 58.7 Å². The number of hydrogen-bond donors (Lipinski definition) is 3. The van der Waals surface area contributed by atoms with E-state index in [2.05, 4.69) is 21.2 Å². The van der Waals surface area contributed by atoms with Crippen LogP contribution in [0.5, 0.6) is 0 Å². The molecule has 2 rings (SSSR count). The van der Waals surface area contributed by atoms with Crippen LogP contribution in [0.2, 0.25) is 0 Å². The summed E-state index contributed by atoms with van der Waals surface area (Å²) in [5, 5.41) is 2.76. The van der Waals surface area contributed by atoms with Crippen LogP contribution >= 0.6 is 15.9 Å². The molecule has 0 atom stereocenters. The van der Waals surface area contributed by atoms with Gasteiger partial charge < -0.3 is 16.8 Å². The van der Waals surface area contributed by atoms with Crippen LogP contribution in [0.4, 0.5) is 11.4 Å². The molecule has 0 saturated heterocycles. The van der Waals surface area contributed by atoms with Gasteiger partial charge in [0.15, 0.2) is 0 Å². The number of benzene rings is 2. The Hall–Kier alpha value is -2.34. The first-order valence-corrected chi connectivity index (χ1v) is 6.95. The highest BCUT2D eigenvalue weighted by molar-refractivity contribution is 9.10. The van der Waals surface area contributed by atoms with E-state index < -0.39 is 5.91 Å². The Balaban J connectivity index is 2.29. The molecule has 0 aromatic heterocycles. The molecule has 0 saturated carbocycles. The number of anilines is 2. The summed E-state index contributed by atoms with van der Waals surface area (Å²) in [6.45, 7) is 1.73. The molecule has 0 aliphatic heterocycles. The standard InChI is InChI=1S/C15H14BrN3O2/c1-8-10(14(18)20)3-2-4-13(8)19-15(21)9-5-6-12(17)11(16)7-9/h2-7H,17H2,1H3,(H2,18,20)(H,19,21). The van der Waals surface area contributed by atoms with Gasteiger partial charge in [-0.2, -0.15) is 0 Å². The zero-order valence-corrected chi connectivity index (χ0v) is 12.9. The molecule has 0 bridgehead atoms. The number of carbonyl (C=O) groups is 2. The summed E-state index contributed by atoms with van der Waals surface area (Å²) in [6, 6.07) is 9.91. The first-order chi connectivity index (χ1) is 9.90. The Bertz CT molecular complexity index is 729. The lowest BCUT2D eigenvalue weighted by Gasteiger charge is -2.11. The van der Waals surface area contributed by atoms with E-state index in [9.17, 15) is 9.59 Å². The number of nitrogen functional groups attached to an aromatic ring is 1. The van der Waals surface area contributed by atoms with Gasteiger partial charge in [0.2, 0.25) is 5.91 Å². The molecule has 0 unspecified atom stereocenters. The number of hydrogen-bond acceptors (Lipinski definition) is 3. The zero-order valence-electron chi connectivity index (χ0n) is 11.3. The number of carbonyl (C=O) groups excluding carboxylic acids is 2. The lowest BCUT2D eigenvalue weighted by molar-refractivity contribution is 0.0995. The highest BCUT2D eigenvalue weighted by Crippen LogP contribution is 2.23. The molecule has 0 fully saturated rings. The van der Waals surface area contributed by atoms with Crippen LogP contribution in [-0.2, 0) is 0 Å². The topological polar surface area (TPSA) is 98.2 Å². The summed E-state index contributed by atoms with van der Waals surface area (Å²) >= 11 is 3.28. The fourth-order valence-corrected chi connectivity index (χ4v) is 2.28. The molecule has 0 aliphatic carbocycles. The van der Waals surface area contributed by atoms with Crippen LogP contribution in [0.1, 0.15) is 26.3 Å². The van der Waals surface area contributed by atoms with Crippen molar-refractivity contribution < 1.29 is 9.59 Å². The molecule has 2 amide bonds. The van der Waals surface area contributed by atoms with Crippen molar-refractivity contribution in [1.29, 1.82) is 0 Å². The number of primary amides is 1.